The molecule has 1 fully saturated rings. The largest absolute Gasteiger partial charge is 0.327 e. The van der Waals surface area contributed by atoms with Gasteiger partial charge in [-0.2, -0.15) is 4.31 Å². The Morgan fingerprint density at radius 1 is 1.21 bits per heavy atom. The maximum absolute atomic E-state index is 12.6. The van der Waals surface area contributed by atoms with E-state index >= 15 is 0 Å². The smallest absolute Gasteiger partial charge is 0.243 e. The Morgan fingerprint density at radius 2 is 1.88 bits per heavy atom. The first-order valence-electron chi connectivity index (χ1n) is 8.11. The predicted octanol–water partition coefficient (Wildman–Crippen LogP) is 1.34. The summed E-state index contributed by atoms with van der Waals surface area (Å²) < 4.78 is 52.8. The number of rotatable bonds is 7. The zero-order chi connectivity index (χ0) is 17.8. The van der Waals surface area contributed by atoms with Crippen LogP contribution in [0.3, 0.4) is 0 Å². The third kappa shape index (κ3) is 4.92. The monoisotopic (exact) mass is 375 g/mol. The molecule has 1 atom stereocenters. The van der Waals surface area contributed by atoms with Gasteiger partial charge in [-0.3, -0.25) is 4.72 Å². The molecular formula is C15H25N3O4S2. The van der Waals surface area contributed by atoms with E-state index in [4.69, 9.17) is 5.73 Å². The van der Waals surface area contributed by atoms with Gasteiger partial charge in [-0.05, 0) is 43.5 Å². The Balaban J connectivity index is 2.11. The Hall–Kier alpha value is -1.16. The average Bonchev–Trinajstić information content (AvgIpc) is 2.53. The fourth-order valence-corrected chi connectivity index (χ4v) is 5.40. The van der Waals surface area contributed by atoms with Crippen LogP contribution in [0.25, 0.3) is 0 Å². The molecule has 0 amide bonds. The first-order valence-corrected chi connectivity index (χ1v) is 11.2. The Kier molecular flexibility index (Phi) is 6.24. The van der Waals surface area contributed by atoms with E-state index in [-0.39, 0.29) is 16.7 Å². The van der Waals surface area contributed by atoms with E-state index in [1.807, 2.05) is 6.92 Å². The van der Waals surface area contributed by atoms with Crippen LogP contribution in [-0.2, 0) is 20.0 Å². The van der Waals surface area contributed by atoms with Crippen LogP contribution in [-0.4, -0.2) is 46.0 Å². The Morgan fingerprint density at radius 3 is 2.46 bits per heavy atom. The van der Waals surface area contributed by atoms with Crippen molar-refractivity contribution in [3.8, 4) is 0 Å². The molecule has 0 spiro atoms. The molecule has 1 aromatic rings. The summed E-state index contributed by atoms with van der Waals surface area (Å²) in [5, 5.41) is 0. The van der Waals surface area contributed by atoms with Crippen LogP contribution >= 0.6 is 0 Å². The van der Waals surface area contributed by atoms with Gasteiger partial charge in [-0.1, -0.05) is 13.3 Å². The van der Waals surface area contributed by atoms with Crippen molar-refractivity contribution in [1.29, 1.82) is 0 Å². The minimum atomic E-state index is -3.59. The highest BCUT2D eigenvalue weighted by molar-refractivity contribution is 7.92. The third-order valence-electron chi connectivity index (χ3n) is 3.95. The zero-order valence-electron chi connectivity index (χ0n) is 13.8. The SMILES string of the molecule is CCCCS(=O)(=O)Nc1ccc(S(=O)(=O)N2CCCC(N)C2)cc1. The number of nitrogens with zero attached hydrogens (tertiary/aromatic N) is 1. The van der Waals surface area contributed by atoms with Gasteiger partial charge in [0.05, 0.1) is 10.6 Å². The summed E-state index contributed by atoms with van der Waals surface area (Å²) in [6.07, 6.45) is 2.94. The quantitative estimate of drug-likeness (QED) is 0.747. The molecule has 1 heterocycles. The number of hydrogen-bond donors (Lipinski definition) is 2. The van der Waals surface area contributed by atoms with Gasteiger partial charge >= 0.3 is 0 Å². The highest BCUT2D eigenvalue weighted by Gasteiger charge is 2.28. The standard InChI is InChI=1S/C15H25N3O4S2/c1-2-3-11-23(19,20)17-14-6-8-15(9-7-14)24(21,22)18-10-4-5-13(16)12-18/h6-9,13,17H,2-5,10-12,16H2,1H3. The second-order valence-corrected chi connectivity index (χ2v) is 9.84. The van der Waals surface area contributed by atoms with Gasteiger partial charge in [0.25, 0.3) is 0 Å². The number of piperidine rings is 1. The first kappa shape index (κ1) is 19.2. The maximum atomic E-state index is 12.6. The van der Waals surface area contributed by atoms with Crippen molar-refractivity contribution in [3.63, 3.8) is 0 Å². The molecule has 7 nitrogen and oxygen atoms in total. The first-order chi connectivity index (χ1) is 11.2. The van der Waals surface area contributed by atoms with E-state index in [2.05, 4.69) is 4.72 Å². The highest BCUT2D eigenvalue weighted by Crippen LogP contribution is 2.22. The van der Waals surface area contributed by atoms with Crippen LogP contribution < -0.4 is 10.5 Å². The molecule has 1 unspecified atom stereocenters. The van der Waals surface area contributed by atoms with Crippen LogP contribution in [0.4, 0.5) is 5.69 Å². The van der Waals surface area contributed by atoms with Crippen molar-refractivity contribution in [1.82, 2.24) is 4.31 Å². The van der Waals surface area contributed by atoms with E-state index in [1.165, 1.54) is 28.6 Å². The van der Waals surface area contributed by atoms with Crippen molar-refractivity contribution >= 4 is 25.7 Å². The van der Waals surface area contributed by atoms with E-state index in [0.29, 0.717) is 25.2 Å². The van der Waals surface area contributed by atoms with Gasteiger partial charge in [-0.15, -0.1) is 0 Å². The average molecular weight is 376 g/mol. The van der Waals surface area contributed by atoms with Crippen LogP contribution in [0.5, 0.6) is 0 Å². The molecule has 0 bridgehead atoms. The fraction of sp³-hybridized carbons (Fsp3) is 0.600. The minimum absolute atomic E-state index is 0.0508. The van der Waals surface area contributed by atoms with Gasteiger partial charge in [0.15, 0.2) is 0 Å². The molecular weight excluding hydrogens is 350 g/mol. The molecule has 0 saturated carbocycles. The molecule has 2 rings (SSSR count). The van der Waals surface area contributed by atoms with Crippen molar-refractivity contribution < 1.29 is 16.8 Å². The summed E-state index contributed by atoms with van der Waals surface area (Å²) in [6, 6.07) is 5.65. The van der Waals surface area contributed by atoms with Gasteiger partial charge < -0.3 is 5.73 Å². The lowest BCUT2D eigenvalue weighted by Gasteiger charge is -2.29. The molecule has 0 radical (unpaired) electrons. The normalized spacial score (nSPS) is 20.0. The Bertz CT molecular complexity index is 745. The summed E-state index contributed by atoms with van der Waals surface area (Å²) in [5.41, 5.74) is 6.21. The number of unbranched alkanes of at least 4 members (excludes halogenated alkanes) is 1. The molecule has 1 saturated heterocycles. The van der Waals surface area contributed by atoms with E-state index in [9.17, 15) is 16.8 Å². The number of sulfonamides is 2. The predicted molar refractivity (Wildman–Crippen MR) is 94.7 cm³/mol. The van der Waals surface area contributed by atoms with E-state index in [0.717, 1.165) is 19.3 Å². The van der Waals surface area contributed by atoms with E-state index < -0.39 is 20.0 Å². The Labute approximate surface area is 144 Å². The lowest BCUT2D eigenvalue weighted by molar-refractivity contribution is 0.316. The molecule has 0 aliphatic carbocycles. The molecule has 1 aliphatic rings. The van der Waals surface area contributed by atoms with Crippen LogP contribution in [0.1, 0.15) is 32.6 Å². The van der Waals surface area contributed by atoms with Gasteiger partial charge in [0.2, 0.25) is 20.0 Å². The lowest BCUT2D eigenvalue weighted by atomic mass is 10.1. The summed E-state index contributed by atoms with van der Waals surface area (Å²) in [5.74, 6) is 0.0508. The zero-order valence-corrected chi connectivity index (χ0v) is 15.4. The lowest BCUT2D eigenvalue weighted by Crippen LogP contribution is -2.45. The third-order valence-corrected chi connectivity index (χ3v) is 7.20. The number of anilines is 1. The molecule has 3 N–H and O–H groups in total. The summed E-state index contributed by atoms with van der Waals surface area (Å²) >= 11 is 0. The number of nitrogens with two attached hydrogens (primary N) is 1. The summed E-state index contributed by atoms with van der Waals surface area (Å²) in [4.78, 5) is 0.146. The van der Waals surface area contributed by atoms with Crippen LogP contribution in [0.2, 0.25) is 0 Å². The second-order valence-electron chi connectivity index (χ2n) is 6.06. The second kappa shape index (κ2) is 7.81. The van der Waals surface area contributed by atoms with Gasteiger partial charge in [0, 0.05) is 24.8 Å². The topological polar surface area (TPSA) is 110 Å². The maximum Gasteiger partial charge on any atom is 0.243 e. The number of hydrogen-bond acceptors (Lipinski definition) is 5. The molecule has 1 aromatic carbocycles. The van der Waals surface area contributed by atoms with Crippen molar-refractivity contribution in [2.45, 2.75) is 43.5 Å². The van der Waals surface area contributed by atoms with Crippen molar-refractivity contribution in [2.24, 2.45) is 5.73 Å². The van der Waals surface area contributed by atoms with Crippen LogP contribution in [0.15, 0.2) is 29.2 Å². The molecule has 24 heavy (non-hydrogen) atoms. The number of benzene rings is 1. The summed E-state index contributed by atoms with van der Waals surface area (Å²) in [6.45, 7) is 2.69. The van der Waals surface area contributed by atoms with Crippen molar-refractivity contribution in [2.75, 3.05) is 23.6 Å². The molecule has 1 aliphatic heterocycles. The molecule has 9 heteroatoms. The highest BCUT2D eigenvalue weighted by atomic mass is 32.2. The summed E-state index contributed by atoms with van der Waals surface area (Å²) in [7, 11) is -6.99. The fourth-order valence-electron chi connectivity index (χ4n) is 2.60. The molecule has 0 aromatic heterocycles. The van der Waals surface area contributed by atoms with Crippen LogP contribution in [0, 0.1) is 0 Å². The van der Waals surface area contributed by atoms with E-state index in [1.54, 1.807) is 0 Å². The van der Waals surface area contributed by atoms with Crippen molar-refractivity contribution in [3.05, 3.63) is 24.3 Å². The number of nitrogens with one attached hydrogen (secondary N) is 1. The van der Waals surface area contributed by atoms with Gasteiger partial charge in [-0.25, -0.2) is 16.8 Å². The minimum Gasteiger partial charge on any atom is -0.327 e. The van der Waals surface area contributed by atoms with Gasteiger partial charge in [0.1, 0.15) is 0 Å². The molecule has 136 valence electrons.